The fraction of sp³-hybridized carbons (Fsp3) is 0.700. The largest absolute Gasteiger partial charge is 0.365 e. The zero-order valence-electron chi connectivity index (χ0n) is 15.8. The number of hydrogen-bond acceptors (Lipinski definition) is 5. The summed E-state index contributed by atoms with van der Waals surface area (Å²) in [7, 11) is 0. The summed E-state index contributed by atoms with van der Waals surface area (Å²) in [6.45, 7) is 5.50. The Morgan fingerprint density at radius 1 is 1.19 bits per heavy atom. The molecule has 0 radical (unpaired) electrons. The number of carbonyl (C=O) groups excluding carboxylic acids is 1. The fourth-order valence-electron chi connectivity index (χ4n) is 4.04. The summed E-state index contributed by atoms with van der Waals surface area (Å²) in [5.41, 5.74) is 0. The number of carbonyl (C=O) groups is 1. The molecule has 3 aliphatic rings. The molecule has 0 aromatic carbocycles. The number of nitrogens with one attached hydrogen (secondary N) is 1. The van der Waals surface area contributed by atoms with Gasteiger partial charge in [-0.3, -0.25) is 4.79 Å². The number of amides is 1. The predicted molar refractivity (Wildman–Crippen MR) is 101 cm³/mol. The topological polar surface area (TPSA) is 57.7 Å². The van der Waals surface area contributed by atoms with Crippen molar-refractivity contribution in [3.8, 4) is 0 Å². The molecular weight excluding hydrogens is 347 g/mol. The van der Waals surface area contributed by atoms with Gasteiger partial charge in [0.25, 0.3) is 0 Å². The third kappa shape index (κ3) is 5.17. The van der Waals surface area contributed by atoms with E-state index in [0.29, 0.717) is 19.0 Å². The van der Waals surface area contributed by atoms with Gasteiger partial charge in [0.2, 0.25) is 5.91 Å². The third-order valence-electron chi connectivity index (χ3n) is 5.87. The molecule has 3 heterocycles. The third-order valence-corrected chi connectivity index (χ3v) is 5.87. The Bertz CT molecular complexity index is 647. The molecule has 1 aromatic heterocycles. The molecule has 0 unspecified atom stereocenters. The van der Waals surface area contributed by atoms with Crippen molar-refractivity contribution in [2.75, 3.05) is 51.2 Å². The molecule has 0 bridgehead atoms. The Kier molecular flexibility index (Phi) is 5.88. The van der Waals surface area contributed by atoms with Gasteiger partial charge in [-0.2, -0.15) is 0 Å². The lowest BCUT2D eigenvalue weighted by Crippen LogP contribution is -2.51. The number of anilines is 1. The molecule has 27 heavy (non-hydrogen) atoms. The van der Waals surface area contributed by atoms with E-state index in [-0.39, 0.29) is 30.3 Å². The summed E-state index contributed by atoms with van der Waals surface area (Å²) in [5, 5.41) is 3.00. The summed E-state index contributed by atoms with van der Waals surface area (Å²) in [5.74, 6) is 1.44. The minimum Gasteiger partial charge on any atom is -0.365 e. The molecule has 1 N–H and O–H groups in total. The van der Waals surface area contributed by atoms with Crippen molar-refractivity contribution >= 4 is 11.7 Å². The minimum absolute atomic E-state index is 0.0654. The summed E-state index contributed by atoms with van der Waals surface area (Å²) < 4.78 is 19.3. The Balaban J connectivity index is 1.23. The highest BCUT2D eigenvalue weighted by molar-refractivity contribution is 5.78. The smallest absolute Gasteiger partial charge is 0.248 e. The highest BCUT2D eigenvalue weighted by atomic mass is 19.1. The number of likely N-dealkylation sites (tertiary alicyclic amines) is 1. The second-order valence-electron chi connectivity index (χ2n) is 8.13. The molecule has 1 amide bonds. The Morgan fingerprint density at radius 3 is 2.70 bits per heavy atom. The number of nitrogens with zero attached hydrogens (tertiary/aromatic N) is 3. The molecule has 1 saturated carbocycles. The van der Waals surface area contributed by atoms with Crippen LogP contribution in [0.4, 0.5) is 10.2 Å². The molecule has 2 saturated heterocycles. The molecule has 3 fully saturated rings. The number of ether oxygens (including phenoxy) is 1. The quantitative estimate of drug-likeness (QED) is 0.789. The van der Waals surface area contributed by atoms with Crippen LogP contribution >= 0.6 is 0 Å². The van der Waals surface area contributed by atoms with Crippen LogP contribution in [0.5, 0.6) is 0 Å². The van der Waals surface area contributed by atoms with Crippen molar-refractivity contribution in [2.24, 2.45) is 11.8 Å². The van der Waals surface area contributed by atoms with Gasteiger partial charge in [0, 0.05) is 32.4 Å². The SMILES string of the molecule is O=C1CO[C@@H](CNc2ncccc2F)CN1CC1CCN(CC2CC2)CC1. The Hall–Kier alpha value is -1.73. The maximum atomic E-state index is 13.7. The van der Waals surface area contributed by atoms with Crippen LogP contribution in [-0.2, 0) is 9.53 Å². The van der Waals surface area contributed by atoms with E-state index in [9.17, 15) is 9.18 Å². The van der Waals surface area contributed by atoms with E-state index in [1.807, 2.05) is 4.90 Å². The van der Waals surface area contributed by atoms with Gasteiger partial charge in [0.15, 0.2) is 11.6 Å². The van der Waals surface area contributed by atoms with Gasteiger partial charge in [0.1, 0.15) is 6.61 Å². The summed E-state index contributed by atoms with van der Waals surface area (Å²) in [6.07, 6.45) is 6.55. The average Bonchev–Trinajstić information content (AvgIpc) is 3.49. The number of halogens is 1. The maximum absolute atomic E-state index is 13.7. The van der Waals surface area contributed by atoms with Gasteiger partial charge in [-0.1, -0.05) is 0 Å². The van der Waals surface area contributed by atoms with Gasteiger partial charge in [-0.15, -0.1) is 0 Å². The van der Waals surface area contributed by atoms with E-state index in [4.69, 9.17) is 4.74 Å². The van der Waals surface area contributed by atoms with Crippen molar-refractivity contribution in [2.45, 2.75) is 31.8 Å². The van der Waals surface area contributed by atoms with E-state index < -0.39 is 0 Å². The maximum Gasteiger partial charge on any atom is 0.248 e. The first-order chi connectivity index (χ1) is 13.2. The second kappa shape index (κ2) is 8.52. The van der Waals surface area contributed by atoms with Crippen LogP contribution in [0.3, 0.4) is 0 Å². The van der Waals surface area contributed by atoms with Gasteiger partial charge >= 0.3 is 0 Å². The van der Waals surface area contributed by atoms with Crippen LogP contribution in [-0.4, -0.2) is 72.7 Å². The summed E-state index contributed by atoms with van der Waals surface area (Å²) >= 11 is 0. The number of rotatable bonds is 7. The predicted octanol–water partition coefficient (Wildman–Crippen LogP) is 1.98. The molecule has 1 aromatic rings. The van der Waals surface area contributed by atoms with Crippen LogP contribution in [0.1, 0.15) is 25.7 Å². The molecule has 4 rings (SSSR count). The number of hydrogen-bond donors (Lipinski definition) is 1. The van der Waals surface area contributed by atoms with Crippen molar-refractivity contribution in [3.05, 3.63) is 24.1 Å². The number of morpholine rings is 1. The molecule has 1 aliphatic carbocycles. The lowest BCUT2D eigenvalue weighted by molar-refractivity contribution is -0.149. The summed E-state index contributed by atoms with van der Waals surface area (Å²) in [6, 6.07) is 2.94. The fourth-order valence-corrected chi connectivity index (χ4v) is 4.04. The van der Waals surface area contributed by atoms with Crippen molar-refractivity contribution < 1.29 is 13.9 Å². The van der Waals surface area contributed by atoms with Crippen LogP contribution in [0.2, 0.25) is 0 Å². The van der Waals surface area contributed by atoms with E-state index in [1.165, 1.54) is 38.3 Å². The highest BCUT2D eigenvalue weighted by Crippen LogP contribution is 2.31. The molecule has 0 spiro atoms. The zero-order chi connectivity index (χ0) is 18.6. The van der Waals surface area contributed by atoms with Gasteiger partial charge in [0.05, 0.1) is 6.10 Å². The number of pyridine rings is 1. The van der Waals surface area contributed by atoms with Gasteiger partial charge in [-0.25, -0.2) is 9.37 Å². The zero-order valence-corrected chi connectivity index (χ0v) is 15.8. The molecular formula is C20H29FN4O2. The van der Waals surface area contributed by atoms with Crippen LogP contribution < -0.4 is 5.32 Å². The van der Waals surface area contributed by atoms with Crippen molar-refractivity contribution in [3.63, 3.8) is 0 Å². The lowest BCUT2D eigenvalue weighted by Gasteiger charge is -2.38. The second-order valence-corrected chi connectivity index (χ2v) is 8.13. The number of piperidine rings is 1. The van der Waals surface area contributed by atoms with Crippen LogP contribution in [0.15, 0.2) is 18.3 Å². The lowest BCUT2D eigenvalue weighted by atomic mass is 9.95. The van der Waals surface area contributed by atoms with E-state index >= 15 is 0 Å². The van der Waals surface area contributed by atoms with Crippen molar-refractivity contribution in [1.82, 2.24) is 14.8 Å². The van der Waals surface area contributed by atoms with Gasteiger partial charge < -0.3 is 19.9 Å². The highest BCUT2D eigenvalue weighted by Gasteiger charge is 2.31. The Labute approximate surface area is 160 Å². The molecule has 7 heteroatoms. The Morgan fingerprint density at radius 2 is 1.96 bits per heavy atom. The first-order valence-electron chi connectivity index (χ1n) is 10.1. The van der Waals surface area contributed by atoms with E-state index in [2.05, 4.69) is 15.2 Å². The molecule has 1 atom stereocenters. The van der Waals surface area contributed by atoms with E-state index in [0.717, 1.165) is 25.6 Å². The molecule has 148 valence electrons. The minimum atomic E-state index is -0.376. The van der Waals surface area contributed by atoms with Gasteiger partial charge in [-0.05, 0) is 62.7 Å². The standard InChI is InChI=1S/C20H29FN4O2/c21-18-2-1-7-22-20(18)23-10-17-13-25(19(26)14-27-17)12-16-5-8-24(9-6-16)11-15-3-4-15/h1-2,7,15-17H,3-6,8-14H2,(H,22,23)/t17-/m0/s1. The normalized spacial score (nSPS) is 25.0. The van der Waals surface area contributed by atoms with E-state index in [1.54, 1.807) is 12.3 Å². The molecule has 2 aliphatic heterocycles. The first kappa shape index (κ1) is 18.6. The first-order valence-corrected chi connectivity index (χ1v) is 10.1. The summed E-state index contributed by atoms with van der Waals surface area (Å²) in [4.78, 5) is 20.8. The number of aromatic nitrogens is 1. The molecule has 6 nitrogen and oxygen atoms in total. The monoisotopic (exact) mass is 376 g/mol. The average molecular weight is 376 g/mol. The van der Waals surface area contributed by atoms with Crippen LogP contribution in [0.25, 0.3) is 0 Å². The van der Waals surface area contributed by atoms with Crippen molar-refractivity contribution in [1.29, 1.82) is 0 Å². The van der Waals surface area contributed by atoms with Crippen LogP contribution in [0, 0.1) is 17.7 Å².